The molecule has 0 saturated carbocycles. The highest BCUT2D eigenvalue weighted by Gasteiger charge is 2.18. The number of fused-ring (bicyclic) bond motifs is 1. The molecule has 0 saturated heterocycles. The van der Waals surface area contributed by atoms with E-state index in [0.29, 0.717) is 10.0 Å². The molecule has 6 heteroatoms. The lowest BCUT2D eigenvalue weighted by Gasteiger charge is -2.14. The normalized spacial score (nSPS) is 12.4. The average molecular weight is 433 g/mol. The second-order valence-corrected chi connectivity index (χ2v) is 7.89. The molecule has 1 atom stereocenters. The monoisotopic (exact) mass is 432 g/mol. The van der Waals surface area contributed by atoms with Crippen LogP contribution in [0.25, 0.3) is 11.0 Å². The summed E-state index contributed by atoms with van der Waals surface area (Å²) in [5.41, 5.74) is 5.23. The zero-order valence-electron chi connectivity index (χ0n) is 16.5. The molecule has 1 aromatic heterocycles. The Morgan fingerprint density at radius 1 is 1.10 bits per heavy atom. The third kappa shape index (κ3) is 3.82. The first-order valence-corrected chi connectivity index (χ1v) is 10.1. The van der Waals surface area contributed by atoms with Gasteiger partial charge in [0.25, 0.3) is 0 Å². The SMILES string of the molecule is Cc1cc(C(C#N)c2ccc(Cl)cc2)c(Cl)cc1N=Cc1nc2ccccc2n1C. The Kier molecular flexibility index (Phi) is 5.59. The van der Waals surface area contributed by atoms with Crippen LogP contribution in [-0.4, -0.2) is 15.8 Å². The van der Waals surface area contributed by atoms with E-state index in [4.69, 9.17) is 23.2 Å². The Bertz CT molecular complexity index is 1300. The van der Waals surface area contributed by atoms with Gasteiger partial charge in [-0.05, 0) is 53.9 Å². The van der Waals surface area contributed by atoms with Crippen molar-refractivity contribution in [1.29, 1.82) is 5.26 Å². The van der Waals surface area contributed by atoms with Crippen LogP contribution in [0.2, 0.25) is 10.0 Å². The smallest absolute Gasteiger partial charge is 0.152 e. The standard InChI is InChI=1S/C24H18Cl2N4/c1-15-11-18(19(13-27)16-7-9-17(25)10-8-16)20(26)12-22(15)28-14-24-29-21-5-3-4-6-23(21)30(24)2/h3-12,14,19H,1-2H3. The summed E-state index contributed by atoms with van der Waals surface area (Å²) in [6, 6.07) is 21.3. The van der Waals surface area contributed by atoms with E-state index in [0.717, 1.165) is 39.2 Å². The van der Waals surface area contributed by atoms with Crippen LogP contribution in [0, 0.1) is 18.3 Å². The van der Waals surface area contributed by atoms with Crippen molar-refractivity contribution in [1.82, 2.24) is 9.55 Å². The number of rotatable bonds is 4. The van der Waals surface area contributed by atoms with Crippen LogP contribution in [0.5, 0.6) is 0 Å². The van der Waals surface area contributed by atoms with E-state index in [1.807, 2.05) is 61.0 Å². The predicted octanol–water partition coefficient (Wildman–Crippen LogP) is 6.59. The molecule has 1 heterocycles. The highest BCUT2D eigenvalue weighted by Crippen LogP contribution is 2.35. The van der Waals surface area contributed by atoms with E-state index >= 15 is 0 Å². The van der Waals surface area contributed by atoms with Gasteiger partial charge < -0.3 is 4.57 Å². The van der Waals surface area contributed by atoms with Crippen molar-refractivity contribution in [3.05, 3.63) is 93.2 Å². The number of benzene rings is 3. The van der Waals surface area contributed by atoms with Gasteiger partial charge in [-0.25, -0.2) is 4.98 Å². The largest absolute Gasteiger partial charge is 0.326 e. The molecule has 4 aromatic rings. The summed E-state index contributed by atoms with van der Waals surface area (Å²) in [6.07, 6.45) is 1.74. The fourth-order valence-corrected chi connectivity index (χ4v) is 3.83. The molecule has 4 nitrogen and oxygen atoms in total. The molecule has 3 aromatic carbocycles. The minimum absolute atomic E-state index is 0.480. The van der Waals surface area contributed by atoms with Crippen molar-refractivity contribution < 1.29 is 0 Å². The van der Waals surface area contributed by atoms with Gasteiger partial charge in [-0.2, -0.15) is 5.26 Å². The van der Waals surface area contributed by atoms with Gasteiger partial charge in [0, 0.05) is 17.1 Å². The van der Waals surface area contributed by atoms with Gasteiger partial charge in [0.2, 0.25) is 0 Å². The third-order valence-corrected chi connectivity index (χ3v) is 5.68. The lowest BCUT2D eigenvalue weighted by Crippen LogP contribution is -2.00. The molecule has 0 aliphatic carbocycles. The van der Waals surface area contributed by atoms with Crippen molar-refractivity contribution in [3.8, 4) is 6.07 Å². The lowest BCUT2D eigenvalue weighted by atomic mass is 9.91. The van der Waals surface area contributed by atoms with Crippen LogP contribution in [0.1, 0.15) is 28.4 Å². The van der Waals surface area contributed by atoms with Crippen LogP contribution in [-0.2, 0) is 7.05 Å². The summed E-state index contributed by atoms with van der Waals surface area (Å²) in [7, 11) is 1.96. The molecule has 0 N–H and O–H groups in total. The van der Waals surface area contributed by atoms with E-state index in [1.165, 1.54) is 0 Å². The number of halogens is 2. The summed E-state index contributed by atoms with van der Waals surface area (Å²) in [5, 5.41) is 10.9. The van der Waals surface area contributed by atoms with Gasteiger partial charge in [0.05, 0.1) is 34.9 Å². The first kappa shape index (κ1) is 20.2. The highest BCUT2D eigenvalue weighted by molar-refractivity contribution is 6.32. The zero-order chi connectivity index (χ0) is 21.3. The topological polar surface area (TPSA) is 54.0 Å². The van der Waals surface area contributed by atoms with Crippen molar-refractivity contribution in [3.63, 3.8) is 0 Å². The number of aliphatic imine (C=N–C) groups is 1. The number of hydrogen-bond acceptors (Lipinski definition) is 3. The van der Waals surface area contributed by atoms with Crippen LogP contribution < -0.4 is 0 Å². The number of aromatic nitrogens is 2. The Hall–Kier alpha value is -3.13. The minimum atomic E-state index is -0.480. The molecule has 0 aliphatic rings. The van der Waals surface area contributed by atoms with Gasteiger partial charge in [0.1, 0.15) is 0 Å². The Morgan fingerprint density at radius 2 is 1.83 bits per heavy atom. The van der Waals surface area contributed by atoms with Crippen molar-refractivity contribution in [2.75, 3.05) is 0 Å². The van der Waals surface area contributed by atoms with E-state index in [9.17, 15) is 5.26 Å². The zero-order valence-corrected chi connectivity index (χ0v) is 18.0. The number of nitriles is 1. The van der Waals surface area contributed by atoms with Crippen LogP contribution in [0.15, 0.2) is 65.7 Å². The molecule has 4 rings (SSSR count). The molecule has 1 unspecified atom stereocenters. The maximum atomic E-state index is 9.76. The first-order chi connectivity index (χ1) is 14.5. The number of imidazole rings is 1. The van der Waals surface area contributed by atoms with Gasteiger partial charge in [-0.1, -0.05) is 53.5 Å². The van der Waals surface area contributed by atoms with E-state index in [-0.39, 0.29) is 0 Å². The molecule has 0 bridgehead atoms. The van der Waals surface area contributed by atoms with Crippen LogP contribution in [0.4, 0.5) is 5.69 Å². The quantitative estimate of drug-likeness (QED) is 0.341. The summed E-state index contributed by atoms with van der Waals surface area (Å²) in [5.74, 6) is 0.276. The molecule has 148 valence electrons. The molecule has 0 spiro atoms. The van der Waals surface area contributed by atoms with E-state index < -0.39 is 5.92 Å². The lowest BCUT2D eigenvalue weighted by molar-refractivity contribution is 0.934. The first-order valence-electron chi connectivity index (χ1n) is 9.38. The van der Waals surface area contributed by atoms with E-state index in [2.05, 4.69) is 16.0 Å². The molecule has 0 fully saturated rings. The predicted molar refractivity (Wildman–Crippen MR) is 123 cm³/mol. The van der Waals surface area contributed by atoms with Crippen molar-refractivity contribution in [2.24, 2.45) is 12.0 Å². The van der Waals surface area contributed by atoms with Crippen LogP contribution in [0.3, 0.4) is 0 Å². The number of hydrogen-bond donors (Lipinski definition) is 0. The average Bonchev–Trinajstić information content (AvgIpc) is 3.07. The molecular formula is C24H18Cl2N4. The summed E-state index contributed by atoms with van der Waals surface area (Å²) in [4.78, 5) is 9.22. The summed E-state index contributed by atoms with van der Waals surface area (Å²) >= 11 is 12.5. The third-order valence-electron chi connectivity index (χ3n) is 5.10. The van der Waals surface area contributed by atoms with Gasteiger partial charge in [-0.3, -0.25) is 4.99 Å². The molecule has 0 amide bonds. The number of nitrogens with zero attached hydrogens (tertiary/aromatic N) is 4. The van der Waals surface area contributed by atoms with E-state index in [1.54, 1.807) is 24.4 Å². The van der Waals surface area contributed by atoms with Gasteiger partial charge in [-0.15, -0.1) is 0 Å². The number of aryl methyl sites for hydroxylation is 2. The minimum Gasteiger partial charge on any atom is -0.326 e. The fourth-order valence-electron chi connectivity index (χ4n) is 3.44. The molecule has 30 heavy (non-hydrogen) atoms. The molecule has 0 aliphatic heterocycles. The highest BCUT2D eigenvalue weighted by atomic mass is 35.5. The maximum absolute atomic E-state index is 9.76. The van der Waals surface area contributed by atoms with Crippen molar-refractivity contribution >= 4 is 46.1 Å². The van der Waals surface area contributed by atoms with Gasteiger partial charge >= 0.3 is 0 Å². The van der Waals surface area contributed by atoms with Crippen molar-refractivity contribution in [2.45, 2.75) is 12.8 Å². The summed E-state index contributed by atoms with van der Waals surface area (Å²) < 4.78 is 2.00. The Labute approximate surface area is 185 Å². The fraction of sp³-hybridized carbons (Fsp3) is 0.125. The maximum Gasteiger partial charge on any atom is 0.152 e. The summed E-state index contributed by atoms with van der Waals surface area (Å²) in [6.45, 7) is 1.96. The second-order valence-electron chi connectivity index (χ2n) is 7.05. The Balaban J connectivity index is 1.68. The Morgan fingerprint density at radius 3 is 2.53 bits per heavy atom. The number of para-hydroxylation sites is 2. The van der Waals surface area contributed by atoms with Gasteiger partial charge in [0.15, 0.2) is 5.82 Å². The molecule has 0 radical (unpaired) electrons. The van der Waals surface area contributed by atoms with Crippen LogP contribution >= 0.6 is 23.2 Å². The molecular weight excluding hydrogens is 415 g/mol. The second kappa shape index (κ2) is 8.31.